The summed E-state index contributed by atoms with van der Waals surface area (Å²) in [5.41, 5.74) is 5.89. The average molecular weight is 225 g/mol. The lowest BCUT2D eigenvalue weighted by molar-refractivity contribution is 0.142. The van der Waals surface area contributed by atoms with Crippen LogP contribution in [-0.2, 0) is 6.42 Å². The van der Waals surface area contributed by atoms with Crippen LogP contribution in [-0.4, -0.2) is 12.2 Å². The molecule has 1 nitrogen and oxygen atoms in total. The highest BCUT2D eigenvalue weighted by molar-refractivity contribution is 5.28. The van der Waals surface area contributed by atoms with E-state index in [2.05, 4.69) is 0 Å². The van der Waals surface area contributed by atoms with E-state index < -0.39 is 5.67 Å². The first-order valence-electron chi connectivity index (χ1n) is 5.69. The third-order valence-corrected chi connectivity index (χ3v) is 3.44. The van der Waals surface area contributed by atoms with Crippen LogP contribution in [0.15, 0.2) is 18.2 Å². The molecule has 0 aliphatic heterocycles. The Morgan fingerprint density at radius 3 is 2.62 bits per heavy atom. The van der Waals surface area contributed by atoms with Gasteiger partial charge >= 0.3 is 0 Å². The molecule has 1 aliphatic rings. The van der Waals surface area contributed by atoms with Crippen molar-refractivity contribution in [2.45, 2.75) is 31.9 Å². The fourth-order valence-electron chi connectivity index (χ4n) is 2.16. The third-order valence-electron chi connectivity index (χ3n) is 3.44. The van der Waals surface area contributed by atoms with E-state index in [1.807, 2.05) is 6.92 Å². The van der Waals surface area contributed by atoms with Gasteiger partial charge in [-0.3, -0.25) is 0 Å². The first kappa shape index (κ1) is 11.5. The van der Waals surface area contributed by atoms with Gasteiger partial charge in [0.2, 0.25) is 0 Å². The molecule has 3 heteroatoms. The molecular formula is C13H17F2N. The SMILES string of the molecule is Cc1cc(F)ccc1CC(F)(CN)C1CC1. The molecule has 1 aromatic rings. The standard InChI is InChI=1S/C13H17F2N/c1-9-6-12(14)5-2-10(9)7-13(15,8-16)11-3-4-11/h2,5-6,11H,3-4,7-8,16H2,1H3. The lowest BCUT2D eigenvalue weighted by atomic mass is 9.89. The number of benzene rings is 1. The van der Waals surface area contributed by atoms with Crippen molar-refractivity contribution in [1.82, 2.24) is 0 Å². The molecule has 0 heterocycles. The van der Waals surface area contributed by atoms with Gasteiger partial charge in [-0.15, -0.1) is 0 Å². The summed E-state index contributed by atoms with van der Waals surface area (Å²) in [5.74, 6) is -0.174. The van der Waals surface area contributed by atoms with Crippen LogP contribution in [0.2, 0.25) is 0 Å². The number of aryl methyl sites for hydroxylation is 1. The second-order valence-electron chi connectivity index (χ2n) is 4.76. The summed E-state index contributed by atoms with van der Waals surface area (Å²) in [5, 5.41) is 0. The molecule has 0 radical (unpaired) electrons. The number of hydrogen-bond acceptors (Lipinski definition) is 1. The normalized spacial score (nSPS) is 19.5. The van der Waals surface area contributed by atoms with Crippen LogP contribution in [0.1, 0.15) is 24.0 Å². The van der Waals surface area contributed by atoms with Crippen molar-refractivity contribution in [1.29, 1.82) is 0 Å². The fraction of sp³-hybridized carbons (Fsp3) is 0.538. The molecule has 88 valence electrons. The van der Waals surface area contributed by atoms with Gasteiger partial charge in [-0.25, -0.2) is 8.78 Å². The van der Waals surface area contributed by atoms with Gasteiger partial charge in [0, 0.05) is 13.0 Å². The Labute approximate surface area is 94.7 Å². The van der Waals surface area contributed by atoms with E-state index in [9.17, 15) is 8.78 Å². The topological polar surface area (TPSA) is 26.0 Å². The van der Waals surface area contributed by atoms with E-state index in [0.29, 0.717) is 6.42 Å². The average Bonchev–Trinajstić information content (AvgIpc) is 3.06. The predicted octanol–water partition coefficient (Wildman–Crippen LogP) is 2.75. The molecule has 0 saturated heterocycles. The van der Waals surface area contributed by atoms with Crippen LogP contribution < -0.4 is 5.73 Å². The molecule has 1 aromatic carbocycles. The van der Waals surface area contributed by atoms with E-state index in [0.717, 1.165) is 24.0 Å². The fourth-order valence-corrected chi connectivity index (χ4v) is 2.16. The minimum Gasteiger partial charge on any atom is -0.328 e. The summed E-state index contributed by atoms with van der Waals surface area (Å²) in [6.45, 7) is 1.86. The monoisotopic (exact) mass is 225 g/mol. The highest BCUT2D eigenvalue weighted by atomic mass is 19.1. The lowest BCUT2D eigenvalue weighted by Gasteiger charge is -2.24. The summed E-state index contributed by atoms with van der Waals surface area (Å²) in [7, 11) is 0. The van der Waals surface area contributed by atoms with E-state index in [-0.39, 0.29) is 18.3 Å². The largest absolute Gasteiger partial charge is 0.328 e. The van der Waals surface area contributed by atoms with E-state index in [4.69, 9.17) is 5.73 Å². The number of nitrogens with two attached hydrogens (primary N) is 1. The second kappa shape index (κ2) is 4.13. The Morgan fingerprint density at radius 1 is 1.44 bits per heavy atom. The van der Waals surface area contributed by atoms with Crippen molar-refractivity contribution in [2.75, 3.05) is 6.54 Å². The van der Waals surface area contributed by atoms with Gasteiger partial charge in [0.05, 0.1) is 0 Å². The summed E-state index contributed by atoms with van der Waals surface area (Å²) >= 11 is 0. The van der Waals surface area contributed by atoms with Crippen molar-refractivity contribution in [3.05, 3.63) is 35.1 Å². The van der Waals surface area contributed by atoms with Gasteiger partial charge in [0.15, 0.2) is 0 Å². The van der Waals surface area contributed by atoms with Gasteiger partial charge in [0.25, 0.3) is 0 Å². The third kappa shape index (κ3) is 2.24. The van der Waals surface area contributed by atoms with Gasteiger partial charge in [-0.1, -0.05) is 6.07 Å². The van der Waals surface area contributed by atoms with Crippen molar-refractivity contribution < 1.29 is 8.78 Å². The molecule has 1 atom stereocenters. The number of hydrogen-bond donors (Lipinski definition) is 1. The minimum absolute atomic E-state index is 0.0501. The summed E-state index contributed by atoms with van der Waals surface area (Å²) in [6, 6.07) is 4.49. The van der Waals surface area contributed by atoms with Crippen molar-refractivity contribution >= 4 is 0 Å². The zero-order valence-electron chi connectivity index (χ0n) is 9.47. The molecule has 0 bridgehead atoms. The maximum Gasteiger partial charge on any atom is 0.130 e. The number of rotatable bonds is 4. The zero-order valence-corrected chi connectivity index (χ0v) is 9.47. The molecule has 2 rings (SSSR count). The van der Waals surface area contributed by atoms with Gasteiger partial charge in [-0.05, 0) is 48.9 Å². The molecule has 1 fully saturated rings. The molecular weight excluding hydrogens is 208 g/mol. The van der Waals surface area contributed by atoms with Crippen LogP contribution in [0, 0.1) is 18.7 Å². The van der Waals surface area contributed by atoms with Crippen LogP contribution in [0.4, 0.5) is 8.78 Å². The smallest absolute Gasteiger partial charge is 0.130 e. The first-order valence-corrected chi connectivity index (χ1v) is 5.69. The van der Waals surface area contributed by atoms with E-state index in [1.165, 1.54) is 12.1 Å². The Hall–Kier alpha value is -0.960. The van der Waals surface area contributed by atoms with Gasteiger partial charge < -0.3 is 5.73 Å². The number of halogens is 2. The first-order chi connectivity index (χ1) is 7.55. The Balaban J connectivity index is 2.18. The van der Waals surface area contributed by atoms with E-state index in [1.54, 1.807) is 6.07 Å². The Kier molecular flexibility index (Phi) is 2.98. The molecule has 2 N–H and O–H groups in total. The molecule has 16 heavy (non-hydrogen) atoms. The van der Waals surface area contributed by atoms with Crippen LogP contribution >= 0.6 is 0 Å². The summed E-state index contributed by atoms with van der Waals surface area (Å²) < 4.78 is 27.4. The highest BCUT2D eigenvalue weighted by Crippen LogP contribution is 2.43. The van der Waals surface area contributed by atoms with Crippen molar-refractivity contribution in [2.24, 2.45) is 11.7 Å². The predicted molar refractivity (Wildman–Crippen MR) is 60.5 cm³/mol. The minimum atomic E-state index is -1.30. The molecule has 0 spiro atoms. The van der Waals surface area contributed by atoms with Crippen LogP contribution in [0.25, 0.3) is 0 Å². The molecule has 1 saturated carbocycles. The number of alkyl halides is 1. The van der Waals surface area contributed by atoms with Crippen LogP contribution in [0.5, 0.6) is 0 Å². The van der Waals surface area contributed by atoms with Crippen molar-refractivity contribution in [3.8, 4) is 0 Å². The van der Waals surface area contributed by atoms with Crippen LogP contribution in [0.3, 0.4) is 0 Å². The molecule has 1 unspecified atom stereocenters. The lowest BCUT2D eigenvalue weighted by Crippen LogP contribution is -2.37. The Morgan fingerprint density at radius 2 is 2.12 bits per heavy atom. The second-order valence-corrected chi connectivity index (χ2v) is 4.76. The molecule has 0 amide bonds. The van der Waals surface area contributed by atoms with Crippen molar-refractivity contribution in [3.63, 3.8) is 0 Å². The zero-order chi connectivity index (χ0) is 11.8. The Bertz CT molecular complexity index is 388. The van der Waals surface area contributed by atoms with E-state index >= 15 is 0 Å². The quantitative estimate of drug-likeness (QED) is 0.837. The molecule has 0 aromatic heterocycles. The summed E-state index contributed by atoms with van der Waals surface area (Å²) in [6.07, 6.45) is 2.15. The maximum absolute atomic E-state index is 14.5. The van der Waals surface area contributed by atoms with Gasteiger partial charge in [0.1, 0.15) is 11.5 Å². The summed E-state index contributed by atoms with van der Waals surface area (Å²) in [4.78, 5) is 0. The van der Waals surface area contributed by atoms with Gasteiger partial charge in [-0.2, -0.15) is 0 Å². The highest BCUT2D eigenvalue weighted by Gasteiger charge is 2.44. The molecule has 1 aliphatic carbocycles. The maximum atomic E-state index is 14.5.